The van der Waals surface area contributed by atoms with Gasteiger partial charge < -0.3 is 5.32 Å². The molecule has 102 valence electrons. The van der Waals surface area contributed by atoms with Gasteiger partial charge in [0.1, 0.15) is 5.82 Å². The van der Waals surface area contributed by atoms with E-state index < -0.39 is 6.55 Å². The van der Waals surface area contributed by atoms with Crippen molar-refractivity contribution in [2.75, 3.05) is 5.32 Å². The molecule has 0 unspecified atom stereocenters. The molecule has 1 aromatic carbocycles. The predicted octanol–water partition coefficient (Wildman–Crippen LogP) is 4.51. The Kier molecular flexibility index (Phi) is 4.27. The fraction of sp³-hybridized carbons (Fsp3) is 0.250. The number of benzene rings is 1. The summed E-state index contributed by atoms with van der Waals surface area (Å²) in [4.78, 5) is 3.87. The fourth-order valence-corrected chi connectivity index (χ4v) is 2.06. The van der Waals surface area contributed by atoms with E-state index in [0.717, 1.165) is 10.1 Å². The largest absolute Gasteiger partial charge is 0.377 e. The predicted molar refractivity (Wildman–Crippen MR) is 72.0 cm³/mol. The van der Waals surface area contributed by atoms with Crippen molar-refractivity contribution < 1.29 is 8.78 Å². The second-order valence-electron chi connectivity index (χ2n) is 3.96. The lowest BCUT2D eigenvalue weighted by Gasteiger charge is -2.11. The van der Waals surface area contributed by atoms with Gasteiger partial charge in [-0.3, -0.25) is 4.57 Å². The van der Waals surface area contributed by atoms with Gasteiger partial charge in [-0.1, -0.05) is 23.2 Å². The van der Waals surface area contributed by atoms with Crippen molar-refractivity contribution in [3.63, 3.8) is 0 Å². The van der Waals surface area contributed by atoms with Crippen LogP contribution >= 0.6 is 23.2 Å². The number of imidazole rings is 1. The number of aryl methyl sites for hydroxylation is 1. The molecule has 0 saturated carbocycles. The number of halogens is 4. The van der Waals surface area contributed by atoms with E-state index in [1.165, 1.54) is 12.4 Å². The van der Waals surface area contributed by atoms with Crippen LogP contribution in [0.15, 0.2) is 24.5 Å². The Labute approximate surface area is 119 Å². The summed E-state index contributed by atoms with van der Waals surface area (Å²) in [6.07, 6.45) is 2.55. The Morgan fingerprint density at radius 3 is 2.74 bits per heavy atom. The molecule has 0 saturated heterocycles. The molecule has 0 aliphatic carbocycles. The molecular formula is C12H11Cl2F2N3. The first-order valence-electron chi connectivity index (χ1n) is 5.48. The summed E-state index contributed by atoms with van der Waals surface area (Å²) >= 11 is 12.0. The molecule has 1 N–H and O–H groups in total. The van der Waals surface area contributed by atoms with Gasteiger partial charge in [0.05, 0.1) is 17.3 Å². The number of aromatic nitrogens is 2. The van der Waals surface area contributed by atoms with Crippen LogP contribution in [0.4, 0.5) is 14.5 Å². The molecule has 1 heterocycles. The number of nitrogens with zero attached hydrogens (tertiary/aromatic N) is 2. The molecule has 0 aliphatic rings. The highest BCUT2D eigenvalue weighted by Crippen LogP contribution is 2.29. The van der Waals surface area contributed by atoms with E-state index in [-0.39, 0.29) is 12.4 Å². The van der Waals surface area contributed by atoms with Crippen LogP contribution in [0.1, 0.15) is 17.9 Å². The standard InChI is InChI=1S/C12H11Cl2F2N3/c1-7-4-9(14)10(5-8(7)13)18-6-11-17-2-3-19(11)12(15)16/h2-5,12,18H,6H2,1H3. The smallest absolute Gasteiger partial charge is 0.319 e. The van der Waals surface area contributed by atoms with Crippen LogP contribution in [0, 0.1) is 6.92 Å². The zero-order chi connectivity index (χ0) is 14.0. The summed E-state index contributed by atoms with van der Waals surface area (Å²) in [6.45, 7) is -0.644. The molecule has 2 rings (SSSR count). The number of anilines is 1. The molecule has 1 aromatic heterocycles. The van der Waals surface area contributed by atoms with Crippen molar-refractivity contribution in [3.8, 4) is 0 Å². The van der Waals surface area contributed by atoms with Gasteiger partial charge in [-0.25, -0.2) is 4.98 Å². The van der Waals surface area contributed by atoms with Gasteiger partial charge in [-0.05, 0) is 24.6 Å². The third kappa shape index (κ3) is 3.16. The van der Waals surface area contributed by atoms with Crippen LogP contribution in [-0.4, -0.2) is 9.55 Å². The Morgan fingerprint density at radius 1 is 1.32 bits per heavy atom. The molecule has 0 amide bonds. The number of hydrogen-bond donors (Lipinski definition) is 1. The van der Waals surface area contributed by atoms with E-state index in [0.29, 0.717) is 15.7 Å². The maximum Gasteiger partial charge on any atom is 0.319 e. The first-order valence-corrected chi connectivity index (χ1v) is 6.24. The van der Waals surface area contributed by atoms with Gasteiger partial charge in [-0.15, -0.1) is 0 Å². The van der Waals surface area contributed by atoms with E-state index in [9.17, 15) is 8.78 Å². The van der Waals surface area contributed by atoms with E-state index in [2.05, 4.69) is 10.3 Å². The molecule has 0 fully saturated rings. The normalized spacial score (nSPS) is 11.1. The van der Waals surface area contributed by atoms with Crippen molar-refractivity contribution >= 4 is 28.9 Å². The maximum atomic E-state index is 12.6. The molecule has 19 heavy (non-hydrogen) atoms. The molecule has 0 atom stereocenters. The summed E-state index contributed by atoms with van der Waals surface area (Å²) in [5, 5.41) is 3.99. The quantitative estimate of drug-likeness (QED) is 0.901. The van der Waals surface area contributed by atoms with Crippen LogP contribution < -0.4 is 5.32 Å². The highest BCUT2D eigenvalue weighted by Gasteiger charge is 2.12. The lowest BCUT2D eigenvalue weighted by Crippen LogP contribution is -2.09. The van der Waals surface area contributed by atoms with Crippen LogP contribution in [0.2, 0.25) is 10.0 Å². The second kappa shape index (κ2) is 5.75. The molecule has 7 heteroatoms. The molecule has 2 aromatic rings. The topological polar surface area (TPSA) is 29.9 Å². The van der Waals surface area contributed by atoms with Crippen LogP contribution in [0.5, 0.6) is 0 Å². The third-order valence-electron chi connectivity index (χ3n) is 2.64. The molecular weight excluding hydrogens is 295 g/mol. The summed E-state index contributed by atoms with van der Waals surface area (Å²) in [5.41, 5.74) is 1.44. The van der Waals surface area contributed by atoms with E-state index in [4.69, 9.17) is 23.2 Å². The number of nitrogens with one attached hydrogen (secondary N) is 1. The van der Waals surface area contributed by atoms with E-state index in [1.54, 1.807) is 12.1 Å². The minimum Gasteiger partial charge on any atom is -0.377 e. The van der Waals surface area contributed by atoms with Gasteiger partial charge >= 0.3 is 6.55 Å². The Bertz CT molecular complexity index is 584. The van der Waals surface area contributed by atoms with E-state index in [1.807, 2.05) is 6.92 Å². The summed E-state index contributed by atoms with van der Waals surface area (Å²) < 4.78 is 26.1. The van der Waals surface area contributed by atoms with Gasteiger partial charge in [-0.2, -0.15) is 8.78 Å². The highest BCUT2D eigenvalue weighted by atomic mass is 35.5. The van der Waals surface area contributed by atoms with E-state index >= 15 is 0 Å². The number of alkyl halides is 2. The number of rotatable bonds is 4. The lowest BCUT2D eigenvalue weighted by atomic mass is 10.2. The molecule has 0 radical (unpaired) electrons. The van der Waals surface area contributed by atoms with Gasteiger partial charge in [0, 0.05) is 17.4 Å². The van der Waals surface area contributed by atoms with Gasteiger partial charge in [0.15, 0.2) is 0 Å². The first kappa shape index (κ1) is 14.1. The number of hydrogen-bond acceptors (Lipinski definition) is 2. The summed E-state index contributed by atoms with van der Waals surface area (Å²) in [7, 11) is 0. The van der Waals surface area contributed by atoms with Crippen molar-refractivity contribution in [3.05, 3.63) is 46.0 Å². The molecule has 0 aliphatic heterocycles. The van der Waals surface area contributed by atoms with Crippen molar-refractivity contribution in [1.82, 2.24) is 9.55 Å². The zero-order valence-corrected chi connectivity index (χ0v) is 11.5. The third-order valence-corrected chi connectivity index (χ3v) is 3.36. The van der Waals surface area contributed by atoms with Crippen molar-refractivity contribution in [1.29, 1.82) is 0 Å². The van der Waals surface area contributed by atoms with Crippen molar-refractivity contribution in [2.45, 2.75) is 20.0 Å². The highest BCUT2D eigenvalue weighted by molar-refractivity contribution is 6.35. The average Bonchev–Trinajstić information content (AvgIpc) is 2.80. The van der Waals surface area contributed by atoms with Crippen molar-refractivity contribution in [2.24, 2.45) is 0 Å². The molecule has 0 spiro atoms. The van der Waals surface area contributed by atoms with Crippen LogP contribution in [0.3, 0.4) is 0 Å². The fourth-order valence-electron chi connectivity index (χ4n) is 1.61. The Morgan fingerprint density at radius 2 is 2.05 bits per heavy atom. The minimum atomic E-state index is -2.61. The minimum absolute atomic E-state index is 0.135. The van der Waals surface area contributed by atoms with Gasteiger partial charge in [0.25, 0.3) is 0 Å². The SMILES string of the molecule is Cc1cc(Cl)c(NCc2nccn2C(F)F)cc1Cl. The molecule has 0 bridgehead atoms. The summed E-state index contributed by atoms with van der Waals surface area (Å²) in [6, 6.07) is 3.38. The Balaban J connectivity index is 2.15. The van der Waals surface area contributed by atoms with Crippen LogP contribution in [0.25, 0.3) is 0 Å². The Hall–Kier alpha value is -1.33. The van der Waals surface area contributed by atoms with Crippen LogP contribution in [-0.2, 0) is 6.54 Å². The second-order valence-corrected chi connectivity index (χ2v) is 4.78. The zero-order valence-electron chi connectivity index (χ0n) is 10.0. The molecule has 3 nitrogen and oxygen atoms in total. The lowest BCUT2D eigenvalue weighted by molar-refractivity contribution is 0.0673. The van der Waals surface area contributed by atoms with Gasteiger partial charge in [0.2, 0.25) is 0 Å². The average molecular weight is 306 g/mol. The first-order chi connectivity index (χ1) is 8.99. The summed E-state index contributed by atoms with van der Waals surface area (Å²) in [5.74, 6) is 0.225. The monoisotopic (exact) mass is 305 g/mol. The maximum absolute atomic E-state index is 12.6.